The van der Waals surface area contributed by atoms with Gasteiger partial charge in [-0.2, -0.15) is 5.10 Å². The molecule has 2 heterocycles. The Morgan fingerprint density at radius 1 is 1.21 bits per heavy atom. The number of carbonyl (C=O) groups excluding carboxylic acids is 1. The van der Waals surface area contributed by atoms with Gasteiger partial charge in [-0.3, -0.25) is 14.0 Å². The summed E-state index contributed by atoms with van der Waals surface area (Å²) in [6, 6.07) is 12.2. The zero-order valence-electron chi connectivity index (χ0n) is 13.5. The van der Waals surface area contributed by atoms with Gasteiger partial charge in [0.05, 0.1) is 17.9 Å². The van der Waals surface area contributed by atoms with Gasteiger partial charge in [-0.1, -0.05) is 12.1 Å². The fourth-order valence-electron chi connectivity index (χ4n) is 2.50. The number of esters is 1. The number of carbonyl (C=O) groups is 1. The first-order chi connectivity index (χ1) is 11.6. The minimum atomic E-state index is -0.450. The van der Waals surface area contributed by atoms with Crippen molar-refractivity contribution >= 4 is 5.97 Å². The summed E-state index contributed by atoms with van der Waals surface area (Å²) in [5.74, 6) is -0.450. The van der Waals surface area contributed by atoms with E-state index in [2.05, 4.69) is 5.10 Å². The average Bonchev–Trinajstić information content (AvgIpc) is 3.01. The Morgan fingerprint density at radius 3 is 2.75 bits per heavy atom. The van der Waals surface area contributed by atoms with Gasteiger partial charge in [-0.15, -0.1) is 0 Å². The fourth-order valence-corrected chi connectivity index (χ4v) is 2.50. The van der Waals surface area contributed by atoms with Gasteiger partial charge in [0, 0.05) is 36.8 Å². The van der Waals surface area contributed by atoms with E-state index in [-0.39, 0.29) is 12.2 Å². The summed E-state index contributed by atoms with van der Waals surface area (Å²) in [5, 5.41) is 4.16. The monoisotopic (exact) mass is 323 g/mol. The molecule has 0 aliphatic rings. The minimum absolute atomic E-state index is 0.217. The Balaban J connectivity index is 2.06. The molecule has 24 heavy (non-hydrogen) atoms. The van der Waals surface area contributed by atoms with Crippen molar-refractivity contribution in [3.05, 3.63) is 70.8 Å². The molecule has 0 fully saturated rings. The topological polar surface area (TPSA) is 66.1 Å². The Morgan fingerprint density at radius 2 is 2.04 bits per heavy atom. The highest BCUT2D eigenvalue weighted by molar-refractivity contribution is 5.89. The lowest BCUT2D eigenvalue weighted by Gasteiger charge is -2.10. The molecule has 0 saturated carbocycles. The van der Waals surface area contributed by atoms with Crippen LogP contribution in [0, 0.1) is 0 Å². The summed E-state index contributed by atoms with van der Waals surface area (Å²) in [6.45, 7) is 2.03. The van der Waals surface area contributed by atoms with Crippen molar-refractivity contribution < 1.29 is 9.53 Å². The standard InChI is InChI=1S/C18H17N3O3/c1-3-24-18(23)14-7-8-17(22)21(12-14)15-6-4-5-13(11-15)16-9-10-19-20(16)2/h4-12H,3H2,1-2H3. The van der Waals surface area contributed by atoms with Crippen molar-refractivity contribution in [2.75, 3.05) is 6.61 Å². The van der Waals surface area contributed by atoms with Crippen LogP contribution in [-0.2, 0) is 11.8 Å². The fraction of sp³-hybridized carbons (Fsp3) is 0.167. The number of nitrogens with zero attached hydrogens (tertiary/aromatic N) is 3. The maximum absolute atomic E-state index is 12.2. The van der Waals surface area contributed by atoms with E-state index in [4.69, 9.17) is 4.74 Å². The first-order valence-corrected chi connectivity index (χ1v) is 7.59. The van der Waals surface area contributed by atoms with Crippen LogP contribution in [0.25, 0.3) is 16.9 Å². The maximum Gasteiger partial charge on any atom is 0.339 e. The van der Waals surface area contributed by atoms with Crippen LogP contribution >= 0.6 is 0 Å². The molecular formula is C18H17N3O3. The summed E-state index contributed by atoms with van der Waals surface area (Å²) in [7, 11) is 1.86. The second-order valence-electron chi connectivity index (χ2n) is 5.24. The number of benzene rings is 1. The lowest BCUT2D eigenvalue weighted by Crippen LogP contribution is -2.19. The van der Waals surface area contributed by atoms with Gasteiger partial charge in [0.1, 0.15) is 0 Å². The number of aromatic nitrogens is 3. The van der Waals surface area contributed by atoms with Gasteiger partial charge in [-0.05, 0) is 31.2 Å². The van der Waals surface area contributed by atoms with Crippen molar-refractivity contribution in [3.63, 3.8) is 0 Å². The van der Waals surface area contributed by atoms with E-state index in [0.717, 1.165) is 11.3 Å². The molecule has 3 aromatic rings. The predicted molar refractivity (Wildman–Crippen MR) is 90.2 cm³/mol. The molecule has 0 N–H and O–H groups in total. The van der Waals surface area contributed by atoms with E-state index in [1.165, 1.54) is 22.9 Å². The van der Waals surface area contributed by atoms with Crippen LogP contribution in [0.1, 0.15) is 17.3 Å². The zero-order chi connectivity index (χ0) is 17.1. The first kappa shape index (κ1) is 15.7. The average molecular weight is 323 g/mol. The van der Waals surface area contributed by atoms with Crippen LogP contribution in [-0.4, -0.2) is 26.9 Å². The highest BCUT2D eigenvalue weighted by Crippen LogP contribution is 2.21. The van der Waals surface area contributed by atoms with Crippen LogP contribution < -0.4 is 5.56 Å². The molecule has 6 nitrogen and oxygen atoms in total. The van der Waals surface area contributed by atoms with Crippen molar-refractivity contribution in [2.24, 2.45) is 7.05 Å². The van der Waals surface area contributed by atoms with E-state index >= 15 is 0 Å². The molecule has 122 valence electrons. The minimum Gasteiger partial charge on any atom is -0.462 e. The third-order valence-electron chi connectivity index (χ3n) is 3.66. The smallest absolute Gasteiger partial charge is 0.339 e. The molecule has 0 spiro atoms. The number of rotatable bonds is 4. The molecule has 1 aromatic carbocycles. The molecule has 6 heteroatoms. The Labute approximate surface area is 138 Å². The van der Waals surface area contributed by atoms with E-state index in [1.807, 2.05) is 37.4 Å². The lowest BCUT2D eigenvalue weighted by atomic mass is 10.1. The van der Waals surface area contributed by atoms with Gasteiger partial charge < -0.3 is 4.74 Å². The molecule has 0 aliphatic carbocycles. The second kappa shape index (κ2) is 6.54. The molecule has 0 aliphatic heterocycles. The molecule has 0 unspecified atom stereocenters. The van der Waals surface area contributed by atoms with Gasteiger partial charge in [0.15, 0.2) is 0 Å². The van der Waals surface area contributed by atoms with Crippen molar-refractivity contribution in [3.8, 4) is 16.9 Å². The molecule has 0 bridgehead atoms. The quantitative estimate of drug-likeness (QED) is 0.692. The Kier molecular flexibility index (Phi) is 4.29. The van der Waals surface area contributed by atoms with E-state index in [0.29, 0.717) is 11.3 Å². The summed E-state index contributed by atoms with van der Waals surface area (Å²) >= 11 is 0. The first-order valence-electron chi connectivity index (χ1n) is 7.59. The Hall–Kier alpha value is -3.15. The van der Waals surface area contributed by atoms with Crippen molar-refractivity contribution in [1.29, 1.82) is 0 Å². The number of ether oxygens (including phenoxy) is 1. The highest BCUT2D eigenvalue weighted by atomic mass is 16.5. The molecular weight excluding hydrogens is 306 g/mol. The summed E-state index contributed by atoms with van der Waals surface area (Å²) in [6.07, 6.45) is 3.22. The highest BCUT2D eigenvalue weighted by Gasteiger charge is 2.10. The molecule has 0 atom stereocenters. The van der Waals surface area contributed by atoms with Crippen LogP contribution in [0.4, 0.5) is 0 Å². The van der Waals surface area contributed by atoms with Gasteiger partial charge in [-0.25, -0.2) is 4.79 Å². The Bertz CT molecular complexity index is 940. The van der Waals surface area contributed by atoms with Crippen LogP contribution in [0.5, 0.6) is 0 Å². The number of pyridine rings is 1. The maximum atomic E-state index is 12.2. The normalized spacial score (nSPS) is 10.6. The number of hydrogen-bond acceptors (Lipinski definition) is 4. The summed E-state index contributed by atoms with van der Waals surface area (Å²) in [4.78, 5) is 24.1. The third kappa shape index (κ3) is 2.99. The van der Waals surface area contributed by atoms with Gasteiger partial charge in [0.25, 0.3) is 5.56 Å². The zero-order valence-corrected chi connectivity index (χ0v) is 13.5. The van der Waals surface area contributed by atoms with E-state index in [9.17, 15) is 9.59 Å². The lowest BCUT2D eigenvalue weighted by molar-refractivity contribution is 0.0525. The molecule has 2 aromatic heterocycles. The van der Waals surface area contributed by atoms with Crippen LogP contribution in [0.3, 0.4) is 0 Å². The van der Waals surface area contributed by atoms with Crippen LogP contribution in [0.2, 0.25) is 0 Å². The SMILES string of the molecule is CCOC(=O)c1ccc(=O)n(-c2cccc(-c3ccnn3C)c2)c1. The van der Waals surface area contributed by atoms with Gasteiger partial charge in [0.2, 0.25) is 0 Å². The van der Waals surface area contributed by atoms with E-state index < -0.39 is 5.97 Å². The van der Waals surface area contributed by atoms with E-state index in [1.54, 1.807) is 17.8 Å². The number of aryl methyl sites for hydroxylation is 1. The molecule has 0 radical (unpaired) electrons. The summed E-state index contributed by atoms with van der Waals surface area (Å²) in [5.41, 5.74) is 2.66. The number of hydrogen-bond donors (Lipinski definition) is 0. The third-order valence-corrected chi connectivity index (χ3v) is 3.66. The molecule has 3 rings (SSSR count). The summed E-state index contributed by atoms with van der Waals surface area (Å²) < 4.78 is 8.19. The molecule has 0 saturated heterocycles. The van der Waals surface area contributed by atoms with Crippen molar-refractivity contribution in [1.82, 2.24) is 14.3 Å². The van der Waals surface area contributed by atoms with Gasteiger partial charge >= 0.3 is 5.97 Å². The second-order valence-corrected chi connectivity index (χ2v) is 5.24. The van der Waals surface area contributed by atoms with Crippen LogP contribution in [0.15, 0.2) is 59.7 Å². The van der Waals surface area contributed by atoms with Crippen molar-refractivity contribution in [2.45, 2.75) is 6.92 Å². The molecule has 0 amide bonds. The predicted octanol–water partition coefficient (Wildman–Crippen LogP) is 2.41. The largest absolute Gasteiger partial charge is 0.462 e.